The van der Waals surface area contributed by atoms with Crippen LogP contribution in [-0.4, -0.2) is 0 Å². The molecule has 78 valence electrons. The lowest BCUT2D eigenvalue weighted by Gasteiger charge is -1.98. The van der Waals surface area contributed by atoms with E-state index >= 15 is 0 Å². The molecule has 0 saturated heterocycles. The molecule has 0 heteroatoms. The summed E-state index contributed by atoms with van der Waals surface area (Å²) in [6.45, 7) is 5.93. The van der Waals surface area contributed by atoms with Gasteiger partial charge in [0.15, 0.2) is 0 Å². The molecule has 0 aliphatic rings. The molecule has 1 aromatic carbocycles. The molecule has 1 aromatic rings. The van der Waals surface area contributed by atoms with E-state index in [0.717, 1.165) is 12.0 Å². The summed E-state index contributed by atoms with van der Waals surface area (Å²) in [5.41, 5.74) is 5.23. The molecule has 0 aromatic heterocycles. The van der Waals surface area contributed by atoms with Crippen molar-refractivity contribution in [1.82, 2.24) is 0 Å². The maximum Gasteiger partial charge on any atom is 0.0227 e. The minimum atomic E-state index is 1.08. The smallest absolute Gasteiger partial charge is 0.0227 e. The molecule has 0 spiro atoms. The topological polar surface area (TPSA) is 0 Å². The molecule has 0 aliphatic heterocycles. The average Bonchev–Trinajstić information content (AvgIpc) is 2.30. The highest BCUT2D eigenvalue weighted by molar-refractivity contribution is 5.72. The number of hydrogen-bond donors (Lipinski definition) is 0. The van der Waals surface area contributed by atoms with Crippen LogP contribution < -0.4 is 0 Å². The summed E-state index contributed by atoms with van der Waals surface area (Å²) >= 11 is 0. The van der Waals surface area contributed by atoms with Gasteiger partial charge in [0.2, 0.25) is 0 Å². The summed E-state index contributed by atoms with van der Waals surface area (Å²) in [7, 11) is 0. The third-order valence-corrected chi connectivity index (χ3v) is 2.28. The molecule has 0 nitrogen and oxygen atoms in total. The fourth-order valence-electron chi connectivity index (χ4n) is 1.40. The van der Waals surface area contributed by atoms with E-state index < -0.39 is 0 Å². The highest BCUT2D eigenvalue weighted by atomic mass is 14.0. The van der Waals surface area contributed by atoms with Crippen molar-refractivity contribution in [3.8, 4) is 0 Å². The zero-order valence-corrected chi connectivity index (χ0v) is 9.37. The summed E-state index contributed by atoms with van der Waals surface area (Å²) in [6, 6.07) is 10.2. The molecular formula is C15H18. The second-order valence-corrected chi connectivity index (χ2v) is 3.50. The van der Waals surface area contributed by atoms with Gasteiger partial charge in [0, 0.05) is 5.57 Å². The third kappa shape index (κ3) is 4.01. The number of rotatable bonds is 5. The highest BCUT2D eigenvalue weighted by Crippen LogP contribution is 2.14. The van der Waals surface area contributed by atoms with Crippen molar-refractivity contribution in [2.24, 2.45) is 0 Å². The van der Waals surface area contributed by atoms with E-state index in [1.165, 1.54) is 18.4 Å². The van der Waals surface area contributed by atoms with Crippen LogP contribution in [0.2, 0.25) is 0 Å². The Balaban J connectivity index is 2.67. The lowest BCUT2D eigenvalue weighted by Crippen LogP contribution is -1.77. The minimum absolute atomic E-state index is 1.08. The Hall–Kier alpha value is -1.52. The van der Waals surface area contributed by atoms with Crippen LogP contribution in [0.5, 0.6) is 0 Å². The molecule has 0 radical (unpaired) electrons. The normalized spacial score (nSPS) is 10.2. The van der Waals surface area contributed by atoms with Gasteiger partial charge in [-0.3, -0.25) is 0 Å². The van der Waals surface area contributed by atoms with Gasteiger partial charge in [-0.2, -0.15) is 0 Å². The Kier molecular flexibility index (Phi) is 5.29. The van der Waals surface area contributed by atoms with Gasteiger partial charge < -0.3 is 0 Å². The van der Waals surface area contributed by atoms with Crippen LogP contribution in [0.3, 0.4) is 0 Å². The molecule has 0 amide bonds. The molecule has 0 unspecified atom stereocenters. The summed E-state index contributed by atoms with van der Waals surface area (Å²) in [5, 5.41) is 0. The van der Waals surface area contributed by atoms with E-state index in [1.54, 1.807) is 0 Å². The minimum Gasteiger partial charge on any atom is -0.120 e. The first-order chi connectivity index (χ1) is 7.38. The average molecular weight is 198 g/mol. The van der Waals surface area contributed by atoms with Crippen molar-refractivity contribution in [3.05, 3.63) is 60.4 Å². The summed E-state index contributed by atoms with van der Waals surface area (Å²) < 4.78 is 0. The predicted molar refractivity (Wildman–Crippen MR) is 67.7 cm³/mol. The fourth-order valence-corrected chi connectivity index (χ4v) is 1.40. The first-order valence-electron chi connectivity index (χ1n) is 5.50. The Bertz CT molecular complexity index is 351. The molecule has 0 saturated carbocycles. The first kappa shape index (κ1) is 11.6. The van der Waals surface area contributed by atoms with E-state index in [0.29, 0.717) is 0 Å². The van der Waals surface area contributed by atoms with Gasteiger partial charge in [-0.25, -0.2) is 0 Å². The summed E-state index contributed by atoms with van der Waals surface area (Å²) in [6.07, 6.45) is 7.93. The van der Waals surface area contributed by atoms with Crippen molar-refractivity contribution in [1.29, 1.82) is 0 Å². The van der Waals surface area contributed by atoms with Crippen molar-refractivity contribution < 1.29 is 0 Å². The first-order valence-corrected chi connectivity index (χ1v) is 5.50. The SMILES string of the molecule is C=C=C(/C=C/CCCC)c1ccccc1. The largest absolute Gasteiger partial charge is 0.120 e. The van der Waals surface area contributed by atoms with Crippen molar-refractivity contribution in [2.75, 3.05) is 0 Å². The standard InChI is InChI=1S/C15H18/c1-3-5-6-8-11-14(4-2)15-12-9-7-10-13-15/h7-13H,2-3,5-6H2,1H3/b11-8+. The van der Waals surface area contributed by atoms with Gasteiger partial charge in [0.25, 0.3) is 0 Å². The molecular weight excluding hydrogens is 180 g/mol. The van der Waals surface area contributed by atoms with Crippen LogP contribution in [-0.2, 0) is 0 Å². The van der Waals surface area contributed by atoms with Crippen LogP contribution >= 0.6 is 0 Å². The lowest BCUT2D eigenvalue weighted by atomic mass is 10.1. The number of unbranched alkanes of at least 4 members (excludes halogenated alkanes) is 2. The Labute approximate surface area is 92.6 Å². The molecule has 0 aliphatic carbocycles. The van der Waals surface area contributed by atoms with Crippen LogP contribution in [0.1, 0.15) is 31.7 Å². The highest BCUT2D eigenvalue weighted by Gasteiger charge is 1.93. The maximum absolute atomic E-state index is 3.72. The Morgan fingerprint density at radius 2 is 2.07 bits per heavy atom. The van der Waals surface area contributed by atoms with Gasteiger partial charge in [0.05, 0.1) is 0 Å². The third-order valence-electron chi connectivity index (χ3n) is 2.28. The molecule has 0 bridgehead atoms. The summed E-state index contributed by atoms with van der Waals surface area (Å²) in [5.74, 6) is 0. The van der Waals surface area contributed by atoms with E-state index in [1.807, 2.05) is 18.2 Å². The van der Waals surface area contributed by atoms with Gasteiger partial charge in [0.1, 0.15) is 0 Å². The molecule has 0 fully saturated rings. The van der Waals surface area contributed by atoms with Gasteiger partial charge in [-0.05, 0) is 12.0 Å². The number of hydrogen-bond acceptors (Lipinski definition) is 0. The monoisotopic (exact) mass is 198 g/mol. The molecule has 0 atom stereocenters. The second kappa shape index (κ2) is 6.86. The molecule has 15 heavy (non-hydrogen) atoms. The van der Waals surface area contributed by atoms with E-state index in [4.69, 9.17) is 0 Å². The van der Waals surface area contributed by atoms with Crippen molar-refractivity contribution >= 4 is 5.57 Å². The molecule has 1 rings (SSSR count). The quantitative estimate of drug-likeness (QED) is 0.368. The van der Waals surface area contributed by atoms with Crippen LogP contribution in [0.15, 0.2) is 54.8 Å². The maximum atomic E-state index is 3.72. The van der Waals surface area contributed by atoms with Crippen LogP contribution in [0.25, 0.3) is 5.57 Å². The molecule has 0 heterocycles. The second-order valence-electron chi connectivity index (χ2n) is 3.50. The van der Waals surface area contributed by atoms with E-state index in [2.05, 4.69) is 43.5 Å². The zero-order chi connectivity index (χ0) is 10.9. The van der Waals surface area contributed by atoms with E-state index in [-0.39, 0.29) is 0 Å². The molecule has 0 N–H and O–H groups in total. The van der Waals surface area contributed by atoms with Crippen molar-refractivity contribution in [3.63, 3.8) is 0 Å². The fraction of sp³-hybridized carbons (Fsp3) is 0.267. The van der Waals surface area contributed by atoms with Gasteiger partial charge >= 0.3 is 0 Å². The Morgan fingerprint density at radius 1 is 1.33 bits per heavy atom. The lowest BCUT2D eigenvalue weighted by molar-refractivity contribution is 0.815. The van der Waals surface area contributed by atoms with Crippen LogP contribution in [0, 0.1) is 0 Å². The van der Waals surface area contributed by atoms with Crippen LogP contribution in [0.4, 0.5) is 0 Å². The number of allylic oxidation sites excluding steroid dienone is 3. The summed E-state index contributed by atoms with van der Waals surface area (Å²) in [4.78, 5) is 0. The Morgan fingerprint density at radius 3 is 2.67 bits per heavy atom. The van der Waals surface area contributed by atoms with E-state index in [9.17, 15) is 0 Å². The van der Waals surface area contributed by atoms with Gasteiger partial charge in [-0.1, -0.05) is 68.8 Å². The predicted octanol–water partition coefficient (Wildman–Crippen LogP) is 4.60. The number of benzene rings is 1. The van der Waals surface area contributed by atoms with Gasteiger partial charge in [-0.15, -0.1) is 5.73 Å². The van der Waals surface area contributed by atoms with Crippen molar-refractivity contribution in [2.45, 2.75) is 26.2 Å². The zero-order valence-electron chi connectivity index (χ0n) is 9.37.